The molecule has 5 heterocycles. The summed E-state index contributed by atoms with van der Waals surface area (Å²) in [7, 11) is 0. The first-order valence-corrected chi connectivity index (χ1v) is 13.4. The van der Waals surface area contributed by atoms with Gasteiger partial charge in [0.25, 0.3) is 5.91 Å². The van der Waals surface area contributed by atoms with Crippen molar-refractivity contribution >= 4 is 34.3 Å². The Balaban J connectivity index is 1.16. The summed E-state index contributed by atoms with van der Waals surface area (Å²) in [5, 5.41) is 11.3. The number of carbonyl (C=O) groups excluding carboxylic acids is 3. The predicted molar refractivity (Wildman–Crippen MR) is 144 cm³/mol. The second-order valence-electron chi connectivity index (χ2n) is 10.6. The van der Waals surface area contributed by atoms with Crippen molar-refractivity contribution in [3.63, 3.8) is 0 Å². The maximum absolute atomic E-state index is 13.9. The van der Waals surface area contributed by atoms with E-state index in [0.29, 0.717) is 37.1 Å². The number of benzene rings is 1. The number of aromatic amines is 1. The summed E-state index contributed by atoms with van der Waals surface area (Å²) in [6, 6.07) is 12.5. The first-order chi connectivity index (χ1) is 20.1. The fraction of sp³-hybridized carbons (Fsp3) is 0.357. The van der Waals surface area contributed by atoms with Crippen molar-refractivity contribution in [1.29, 1.82) is 0 Å². The van der Waals surface area contributed by atoms with E-state index in [0.717, 1.165) is 15.8 Å². The zero-order chi connectivity index (χ0) is 29.5. The van der Waals surface area contributed by atoms with E-state index in [1.807, 2.05) is 35.2 Å². The van der Waals surface area contributed by atoms with E-state index >= 15 is 0 Å². The number of amides is 2. The van der Waals surface area contributed by atoms with E-state index in [1.165, 1.54) is 23.4 Å². The Kier molecular flexibility index (Phi) is 6.91. The summed E-state index contributed by atoms with van der Waals surface area (Å²) >= 11 is 0. The molecule has 1 spiro atoms. The average Bonchev–Trinajstić information content (AvgIpc) is 3.68. The average molecular weight is 581 g/mol. The molecular weight excluding hydrogens is 553 g/mol. The molecule has 0 radical (unpaired) electrons. The normalized spacial score (nSPS) is 17.0. The minimum atomic E-state index is -4.42. The molecule has 0 unspecified atom stereocenters. The Labute approximate surface area is 237 Å². The maximum Gasteiger partial charge on any atom is 0.408 e. The molecule has 1 N–H and O–H groups in total. The lowest BCUT2D eigenvalue weighted by Crippen LogP contribution is -2.57. The quantitative estimate of drug-likeness (QED) is 0.357. The maximum atomic E-state index is 13.9. The SMILES string of the molecule is O=C(Cc1ccn(CC(F)(F)F)n1)CN1CN(c2ccccc2)C2(CCN(C(=O)c3cnc4[nH]ncc4c3)CC2)C1=O. The minimum Gasteiger partial charge on any atom is -0.339 e. The number of rotatable bonds is 7. The number of ketones is 1. The molecule has 4 aromatic rings. The Morgan fingerprint density at radius 1 is 1.05 bits per heavy atom. The van der Waals surface area contributed by atoms with Crippen molar-refractivity contribution in [3.8, 4) is 0 Å². The van der Waals surface area contributed by atoms with Crippen LogP contribution in [0.3, 0.4) is 0 Å². The van der Waals surface area contributed by atoms with Crippen molar-refractivity contribution in [3.05, 3.63) is 72.3 Å². The molecule has 6 rings (SSSR count). The van der Waals surface area contributed by atoms with Crippen LogP contribution in [0, 0.1) is 0 Å². The van der Waals surface area contributed by atoms with E-state index in [9.17, 15) is 27.6 Å². The molecule has 0 saturated carbocycles. The van der Waals surface area contributed by atoms with Crippen LogP contribution >= 0.6 is 0 Å². The molecule has 2 saturated heterocycles. The van der Waals surface area contributed by atoms with E-state index in [2.05, 4.69) is 20.3 Å². The van der Waals surface area contributed by atoms with Gasteiger partial charge in [0.2, 0.25) is 5.91 Å². The van der Waals surface area contributed by atoms with Gasteiger partial charge in [-0.05, 0) is 37.1 Å². The molecule has 1 aromatic carbocycles. The number of carbonyl (C=O) groups is 3. The van der Waals surface area contributed by atoms with Crippen LogP contribution in [0.1, 0.15) is 28.9 Å². The van der Waals surface area contributed by atoms with Gasteiger partial charge in [0.05, 0.1) is 37.1 Å². The molecule has 0 aliphatic carbocycles. The van der Waals surface area contributed by atoms with Gasteiger partial charge in [0, 0.05) is 36.6 Å². The number of piperidine rings is 1. The van der Waals surface area contributed by atoms with Crippen LogP contribution in [0.2, 0.25) is 0 Å². The fourth-order valence-electron chi connectivity index (χ4n) is 5.78. The Hall–Kier alpha value is -4.75. The number of fused-ring (bicyclic) bond motifs is 1. The number of pyridine rings is 1. The molecular formula is C28H27F3N8O3. The van der Waals surface area contributed by atoms with Gasteiger partial charge in [0.15, 0.2) is 11.4 Å². The first kappa shape index (κ1) is 27.4. The topological polar surface area (TPSA) is 120 Å². The number of nitrogens with zero attached hydrogens (tertiary/aromatic N) is 7. The highest BCUT2D eigenvalue weighted by Gasteiger charge is 2.54. The molecule has 14 heteroatoms. The summed E-state index contributed by atoms with van der Waals surface area (Å²) in [4.78, 5) is 49.6. The number of hydrogen-bond acceptors (Lipinski definition) is 7. The van der Waals surface area contributed by atoms with Crippen LogP contribution < -0.4 is 4.90 Å². The van der Waals surface area contributed by atoms with Gasteiger partial charge in [-0.1, -0.05) is 18.2 Å². The van der Waals surface area contributed by atoms with Gasteiger partial charge in [0.1, 0.15) is 12.1 Å². The molecule has 218 valence electrons. The largest absolute Gasteiger partial charge is 0.408 e. The highest BCUT2D eigenvalue weighted by molar-refractivity contribution is 5.99. The van der Waals surface area contributed by atoms with Crippen molar-refractivity contribution < 1.29 is 27.6 Å². The monoisotopic (exact) mass is 580 g/mol. The van der Waals surface area contributed by atoms with Crippen molar-refractivity contribution in [2.24, 2.45) is 0 Å². The predicted octanol–water partition coefficient (Wildman–Crippen LogP) is 2.81. The molecule has 42 heavy (non-hydrogen) atoms. The molecule has 0 bridgehead atoms. The van der Waals surface area contributed by atoms with Crippen LogP contribution in [0.4, 0.5) is 18.9 Å². The molecule has 11 nitrogen and oxygen atoms in total. The van der Waals surface area contributed by atoms with E-state index in [1.54, 1.807) is 17.2 Å². The second-order valence-corrected chi connectivity index (χ2v) is 10.6. The summed E-state index contributed by atoms with van der Waals surface area (Å²) in [5.74, 6) is -0.731. The Morgan fingerprint density at radius 2 is 1.81 bits per heavy atom. The van der Waals surface area contributed by atoms with E-state index in [-0.39, 0.29) is 42.9 Å². The fourth-order valence-corrected chi connectivity index (χ4v) is 5.78. The standard InChI is InChI=1S/C28H27F3N8O3/c29-28(30,31)17-38-9-6-21(35-38)13-23(40)16-37-18-39(22-4-2-1-3-5-22)27(26(37)42)7-10-36(11-8-27)25(41)20-12-19-15-33-34-24(19)32-14-20/h1-6,9,12,14-15H,7-8,10-11,13,16-18H2,(H,32,33,34). The number of H-pyrrole nitrogens is 1. The molecule has 0 atom stereocenters. The summed E-state index contributed by atoms with van der Waals surface area (Å²) in [6.07, 6.45) is 0.398. The van der Waals surface area contributed by atoms with Crippen molar-refractivity contribution in [2.45, 2.75) is 37.5 Å². The lowest BCUT2D eigenvalue weighted by Gasteiger charge is -2.43. The van der Waals surface area contributed by atoms with E-state index < -0.39 is 18.3 Å². The van der Waals surface area contributed by atoms with Crippen LogP contribution in [0.5, 0.6) is 0 Å². The van der Waals surface area contributed by atoms with E-state index in [4.69, 9.17) is 0 Å². The molecule has 2 aliphatic heterocycles. The zero-order valence-electron chi connectivity index (χ0n) is 22.4. The number of alkyl halides is 3. The third-order valence-corrected chi connectivity index (χ3v) is 7.78. The van der Waals surface area contributed by atoms with Gasteiger partial charge in [-0.25, -0.2) is 4.98 Å². The number of para-hydroxylation sites is 1. The third-order valence-electron chi connectivity index (χ3n) is 7.78. The minimum absolute atomic E-state index is 0.173. The number of halogens is 3. The lowest BCUT2D eigenvalue weighted by atomic mass is 9.85. The number of anilines is 1. The smallest absolute Gasteiger partial charge is 0.339 e. The summed E-state index contributed by atoms with van der Waals surface area (Å²) in [6.45, 7) is -0.610. The Morgan fingerprint density at radius 3 is 2.55 bits per heavy atom. The molecule has 3 aromatic heterocycles. The third kappa shape index (κ3) is 5.31. The first-order valence-electron chi connectivity index (χ1n) is 13.4. The van der Waals surface area contributed by atoms with Gasteiger partial charge >= 0.3 is 6.18 Å². The molecule has 2 fully saturated rings. The highest BCUT2D eigenvalue weighted by Crippen LogP contribution is 2.39. The molecule has 2 amide bonds. The summed E-state index contributed by atoms with van der Waals surface area (Å²) < 4.78 is 38.8. The van der Waals surface area contributed by atoms with Crippen LogP contribution in [-0.2, 0) is 22.6 Å². The number of likely N-dealkylation sites (tertiary alicyclic amines) is 1. The van der Waals surface area contributed by atoms with Crippen molar-refractivity contribution in [1.82, 2.24) is 34.8 Å². The van der Waals surface area contributed by atoms with Gasteiger partial charge in [-0.2, -0.15) is 23.4 Å². The van der Waals surface area contributed by atoms with Gasteiger partial charge in [-0.3, -0.25) is 24.2 Å². The number of Topliss-reactive ketones (excluding diaryl/α,β-unsaturated/α-hetero) is 1. The van der Waals surface area contributed by atoms with Gasteiger partial charge < -0.3 is 14.7 Å². The van der Waals surface area contributed by atoms with Crippen LogP contribution in [0.15, 0.2) is 61.1 Å². The van der Waals surface area contributed by atoms with Crippen LogP contribution in [-0.4, -0.2) is 90.4 Å². The van der Waals surface area contributed by atoms with Crippen molar-refractivity contribution in [2.75, 3.05) is 31.2 Å². The number of nitrogens with one attached hydrogen (secondary N) is 1. The number of hydrogen-bond donors (Lipinski definition) is 1. The molecule has 2 aliphatic rings. The highest BCUT2D eigenvalue weighted by atomic mass is 19.4. The lowest BCUT2D eigenvalue weighted by molar-refractivity contribution is -0.142. The van der Waals surface area contributed by atoms with Crippen LogP contribution in [0.25, 0.3) is 11.0 Å². The van der Waals surface area contributed by atoms with Gasteiger partial charge in [-0.15, -0.1) is 0 Å². The number of aromatic nitrogens is 5. The Bertz CT molecular complexity index is 1630. The second kappa shape index (κ2) is 10.6. The zero-order valence-corrected chi connectivity index (χ0v) is 22.4. The summed E-state index contributed by atoms with van der Waals surface area (Å²) in [5.41, 5.74) is 1.10.